The summed E-state index contributed by atoms with van der Waals surface area (Å²) in [7, 11) is 1.64. The number of carbonyl (C=O) groups is 1. The first-order valence-electron chi connectivity index (χ1n) is 12.2. The van der Waals surface area contributed by atoms with E-state index in [1.54, 1.807) is 31.4 Å². The van der Waals surface area contributed by atoms with Gasteiger partial charge in [-0.1, -0.05) is 59.9 Å². The number of methoxy groups -OCH3 is 1. The van der Waals surface area contributed by atoms with Gasteiger partial charge < -0.3 is 14.6 Å². The van der Waals surface area contributed by atoms with Crippen LogP contribution in [0.4, 0.5) is 0 Å². The van der Waals surface area contributed by atoms with Gasteiger partial charge in [0.25, 0.3) is 5.56 Å². The molecule has 4 aromatic rings. The predicted octanol–water partition coefficient (Wildman–Crippen LogP) is 3.79. The Bertz CT molecular complexity index is 1770. The highest BCUT2D eigenvalue weighted by Crippen LogP contribution is 2.41. The van der Waals surface area contributed by atoms with Gasteiger partial charge in [-0.3, -0.25) is 9.36 Å². The quantitative estimate of drug-likeness (QED) is 0.415. The Morgan fingerprint density at radius 2 is 1.89 bits per heavy atom. The first-order chi connectivity index (χ1) is 18.5. The Morgan fingerprint density at radius 3 is 2.68 bits per heavy atom. The topological polar surface area (TPSA) is 90.1 Å². The molecule has 0 amide bonds. The van der Waals surface area contributed by atoms with Crippen LogP contribution in [-0.4, -0.2) is 29.4 Å². The van der Waals surface area contributed by atoms with E-state index in [0.29, 0.717) is 15.1 Å². The summed E-state index contributed by atoms with van der Waals surface area (Å²) in [6.45, 7) is -0.407. The lowest BCUT2D eigenvalue weighted by Gasteiger charge is -2.31. The van der Waals surface area contributed by atoms with E-state index in [2.05, 4.69) is 18.2 Å². The van der Waals surface area contributed by atoms with Crippen molar-refractivity contribution in [3.63, 3.8) is 0 Å². The van der Waals surface area contributed by atoms with E-state index >= 15 is 0 Å². The molecule has 1 N–H and O–H groups in total. The van der Waals surface area contributed by atoms with Crippen LogP contribution in [0.3, 0.4) is 0 Å². The van der Waals surface area contributed by atoms with Crippen LogP contribution in [0.2, 0.25) is 0 Å². The van der Waals surface area contributed by atoms with E-state index in [9.17, 15) is 9.59 Å². The number of fused-ring (bicyclic) bond motifs is 3. The van der Waals surface area contributed by atoms with Gasteiger partial charge in [-0.05, 0) is 65.4 Å². The highest BCUT2D eigenvalue weighted by atomic mass is 32.1. The second kappa shape index (κ2) is 9.79. The predicted molar refractivity (Wildman–Crippen MR) is 145 cm³/mol. The molecule has 1 aliphatic carbocycles. The molecule has 0 radical (unpaired) electrons. The van der Waals surface area contributed by atoms with Crippen molar-refractivity contribution in [2.24, 2.45) is 4.99 Å². The number of allylic oxidation sites excluding steroid dienone is 1. The maximum Gasteiger partial charge on any atom is 0.341 e. The largest absolute Gasteiger partial charge is 0.497 e. The number of benzene rings is 3. The number of aromatic nitrogens is 1. The number of thiazole rings is 1. The van der Waals surface area contributed by atoms with Crippen LogP contribution in [0.15, 0.2) is 88.2 Å². The van der Waals surface area contributed by atoms with Crippen molar-refractivity contribution in [1.82, 2.24) is 4.57 Å². The number of hydrogen-bond donors (Lipinski definition) is 1. The van der Waals surface area contributed by atoms with E-state index in [4.69, 9.17) is 19.6 Å². The van der Waals surface area contributed by atoms with Crippen molar-refractivity contribution in [1.29, 1.82) is 0 Å². The third kappa shape index (κ3) is 4.33. The smallest absolute Gasteiger partial charge is 0.341 e. The minimum absolute atomic E-state index is 0.0989. The molecule has 0 fully saturated rings. The molecule has 2 aliphatic rings. The van der Waals surface area contributed by atoms with E-state index in [1.807, 2.05) is 41.0 Å². The molecule has 190 valence electrons. The third-order valence-electron chi connectivity index (χ3n) is 6.82. The molecule has 0 saturated heterocycles. The fourth-order valence-corrected chi connectivity index (χ4v) is 6.09. The van der Waals surface area contributed by atoms with Gasteiger partial charge in [0.15, 0.2) is 11.4 Å². The molecule has 38 heavy (non-hydrogen) atoms. The van der Waals surface area contributed by atoms with Crippen molar-refractivity contribution in [3.8, 4) is 11.5 Å². The Hall–Kier alpha value is -4.43. The highest BCUT2D eigenvalue weighted by Gasteiger charge is 2.32. The van der Waals surface area contributed by atoms with Gasteiger partial charge in [0.2, 0.25) is 0 Å². The summed E-state index contributed by atoms with van der Waals surface area (Å²) in [6.07, 6.45) is 3.55. The Balaban J connectivity index is 1.50. The number of rotatable bonds is 6. The Labute approximate surface area is 222 Å². The van der Waals surface area contributed by atoms with Crippen LogP contribution in [0, 0.1) is 0 Å². The monoisotopic (exact) mass is 524 g/mol. The highest BCUT2D eigenvalue weighted by molar-refractivity contribution is 7.07. The van der Waals surface area contributed by atoms with Crippen LogP contribution in [0.25, 0.3) is 11.8 Å². The molecule has 1 aromatic heterocycles. The van der Waals surface area contributed by atoms with Crippen LogP contribution >= 0.6 is 11.3 Å². The maximum absolute atomic E-state index is 13.9. The lowest BCUT2D eigenvalue weighted by Crippen LogP contribution is -2.38. The molecule has 3 aromatic carbocycles. The first kappa shape index (κ1) is 23.9. The van der Waals surface area contributed by atoms with Gasteiger partial charge in [0, 0.05) is 5.56 Å². The van der Waals surface area contributed by atoms with Crippen molar-refractivity contribution in [2.75, 3.05) is 13.7 Å². The minimum atomic E-state index is -1.04. The SMILES string of the molecule is COc1cccc([C@H]2C3=C(N=c4s/c(=C\c5ccc(OCC(=O)O)cc5)c(=O)n42)c2ccccc2CC3)c1. The normalized spacial score (nSPS) is 16.2. The fraction of sp³-hybridized carbons (Fsp3) is 0.167. The van der Waals surface area contributed by atoms with Crippen LogP contribution in [0.1, 0.15) is 34.7 Å². The molecule has 0 unspecified atom stereocenters. The van der Waals surface area contributed by atoms with Gasteiger partial charge in [-0.2, -0.15) is 0 Å². The van der Waals surface area contributed by atoms with Crippen molar-refractivity contribution >= 4 is 29.1 Å². The van der Waals surface area contributed by atoms with Gasteiger partial charge >= 0.3 is 5.97 Å². The van der Waals surface area contributed by atoms with E-state index in [0.717, 1.165) is 46.6 Å². The van der Waals surface area contributed by atoms with Crippen molar-refractivity contribution in [2.45, 2.75) is 18.9 Å². The zero-order valence-corrected chi connectivity index (χ0v) is 21.4. The second-order valence-corrected chi connectivity index (χ2v) is 10.2. The van der Waals surface area contributed by atoms with Crippen molar-refractivity contribution in [3.05, 3.63) is 120 Å². The molecule has 8 heteroatoms. The van der Waals surface area contributed by atoms with Gasteiger partial charge in [-0.15, -0.1) is 0 Å². The van der Waals surface area contributed by atoms with E-state index < -0.39 is 12.6 Å². The van der Waals surface area contributed by atoms with Gasteiger partial charge in [0.1, 0.15) is 11.5 Å². The van der Waals surface area contributed by atoms with Crippen LogP contribution < -0.4 is 24.4 Å². The summed E-state index contributed by atoms with van der Waals surface area (Å²) in [6, 6.07) is 22.9. The number of aryl methyl sites for hydroxylation is 1. The molecule has 0 spiro atoms. The average Bonchev–Trinajstić information content (AvgIpc) is 3.25. The summed E-state index contributed by atoms with van der Waals surface area (Å²) >= 11 is 1.37. The molecular formula is C30H24N2O5S. The number of aliphatic carboxylic acids is 1. The summed E-state index contributed by atoms with van der Waals surface area (Å²) in [4.78, 5) is 30.3. The summed E-state index contributed by atoms with van der Waals surface area (Å²) < 4.78 is 13.1. The third-order valence-corrected chi connectivity index (χ3v) is 7.81. The molecule has 0 saturated carbocycles. The number of nitrogens with zero attached hydrogens (tertiary/aromatic N) is 2. The molecule has 1 atom stereocenters. The maximum atomic E-state index is 13.9. The number of carboxylic acid groups (broad SMARTS) is 1. The molecule has 1 aliphatic heterocycles. The summed E-state index contributed by atoms with van der Waals surface area (Å²) in [5, 5.41) is 8.81. The molecule has 7 nitrogen and oxygen atoms in total. The van der Waals surface area contributed by atoms with E-state index in [1.165, 1.54) is 16.9 Å². The lowest BCUT2D eigenvalue weighted by molar-refractivity contribution is -0.139. The van der Waals surface area contributed by atoms with Gasteiger partial charge in [-0.25, -0.2) is 9.79 Å². The minimum Gasteiger partial charge on any atom is -0.497 e. The van der Waals surface area contributed by atoms with Crippen LogP contribution in [0.5, 0.6) is 11.5 Å². The Kier molecular flexibility index (Phi) is 6.17. The van der Waals surface area contributed by atoms with Crippen molar-refractivity contribution < 1.29 is 19.4 Å². The first-order valence-corrected chi connectivity index (χ1v) is 13.0. The fourth-order valence-electron chi connectivity index (χ4n) is 5.09. The van der Waals surface area contributed by atoms with Gasteiger partial charge in [0.05, 0.1) is 23.4 Å². The zero-order chi connectivity index (χ0) is 26.2. The standard InChI is InChI=1S/C30H24N2O5S/c1-36-22-7-4-6-20(16-22)28-24-14-11-19-5-2-3-8-23(19)27(24)31-30-32(28)29(35)25(38-30)15-18-9-12-21(13-10-18)37-17-26(33)34/h2-10,12-13,15-16,28H,11,14,17H2,1H3,(H,33,34)/b25-15-/t28-/m0/s1. The molecule has 6 rings (SSSR count). The molecule has 2 heterocycles. The Morgan fingerprint density at radius 1 is 1.08 bits per heavy atom. The second-order valence-electron chi connectivity index (χ2n) is 9.14. The summed E-state index contributed by atoms with van der Waals surface area (Å²) in [5.41, 5.74) is 6.17. The number of carboxylic acids is 1. The van der Waals surface area contributed by atoms with E-state index in [-0.39, 0.29) is 11.6 Å². The lowest BCUT2D eigenvalue weighted by atomic mass is 9.83. The number of ether oxygens (including phenoxy) is 2. The molecule has 0 bridgehead atoms. The molecular weight excluding hydrogens is 500 g/mol. The van der Waals surface area contributed by atoms with Crippen LogP contribution in [-0.2, 0) is 11.2 Å². The average molecular weight is 525 g/mol. The summed E-state index contributed by atoms with van der Waals surface area (Å²) in [5.74, 6) is 0.159. The number of hydrogen-bond acceptors (Lipinski definition) is 6. The zero-order valence-electron chi connectivity index (χ0n) is 20.6.